The minimum Gasteiger partial charge on any atom is -0.481 e. The number of hydrogen-bond donors (Lipinski definition) is 2. The zero-order chi connectivity index (χ0) is 9.56. The van der Waals surface area contributed by atoms with Crippen LogP contribution in [0.2, 0.25) is 0 Å². The van der Waals surface area contributed by atoms with Gasteiger partial charge in [-0.3, -0.25) is 4.79 Å². The van der Waals surface area contributed by atoms with Crippen molar-refractivity contribution in [2.45, 2.75) is 13.3 Å². The van der Waals surface area contributed by atoms with E-state index in [0.717, 1.165) is 6.54 Å². The summed E-state index contributed by atoms with van der Waals surface area (Å²) in [6, 6.07) is 0. The highest BCUT2D eigenvalue weighted by Gasteiger charge is 2.15. The topological polar surface area (TPSA) is 49.3 Å². The molecule has 0 saturated heterocycles. The van der Waals surface area contributed by atoms with E-state index in [4.69, 9.17) is 5.11 Å². The van der Waals surface area contributed by atoms with Crippen LogP contribution in [0.4, 0.5) is 0 Å². The highest BCUT2D eigenvalue weighted by molar-refractivity contribution is 5.69. The molecular weight excluding hydrogens is 154 g/mol. The molecule has 0 saturated carbocycles. The van der Waals surface area contributed by atoms with Gasteiger partial charge in [0, 0.05) is 6.54 Å². The zero-order valence-electron chi connectivity index (χ0n) is 7.71. The van der Waals surface area contributed by atoms with Crippen molar-refractivity contribution in [1.82, 2.24) is 5.32 Å². The largest absolute Gasteiger partial charge is 0.481 e. The van der Waals surface area contributed by atoms with Crippen LogP contribution in [0.1, 0.15) is 13.3 Å². The summed E-state index contributed by atoms with van der Waals surface area (Å²) >= 11 is 0. The Morgan fingerprint density at radius 2 is 2.33 bits per heavy atom. The standard InChI is InChI=1S/C9H17NO2/c1-4-8(6-10-3)5-7(2)9(11)12/h4,7-8,10H,1,5-6H2,2-3H3,(H,11,12). The fourth-order valence-corrected chi connectivity index (χ4v) is 1.08. The maximum Gasteiger partial charge on any atom is 0.306 e. The fourth-order valence-electron chi connectivity index (χ4n) is 1.08. The molecule has 0 aliphatic carbocycles. The molecule has 0 rings (SSSR count). The van der Waals surface area contributed by atoms with Gasteiger partial charge in [0.05, 0.1) is 5.92 Å². The molecule has 0 aliphatic heterocycles. The van der Waals surface area contributed by atoms with Gasteiger partial charge in [-0.2, -0.15) is 0 Å². The van der Waals surface area contributed by atoms with Crippen LogP contribution in [0.3, 0.4) is 0 Å². The molecule has 0 aliphatic rings. The number of aliphatic carboxylic acids is 1. The quantitative estimate of drug-likeness (QED) is 0.589. The van der Waals surface area contributed by atoms with Gasteiger partial charge in [0.2, 0.25) is 0 Å². The SMILES string of the molecule is C=CC(CNC)CC(C)C(=O)O. The van der Waals surface area contributed by atoms with E-state index in [1.807, 2.05) is 7.05 Å². The second-order valence-corrected chi connectivity index (χ2v) is 3.03. The lowest BCUT2D eigenvalue weighted by Crippen LogP contribution is -2.21. The van der Waals surface area contributed by atoms with E-state index >= 15 is 0 Å². The summed E-state index contributed by atoms with van der Waals surface area (Å²) in [5, 5.41) is 11.6. The molecule has 0 radical (unpaired) electrons. The van der Waals surface area contributed by atoms with E-state index in [0.29, 0.717) is 6.42 Å². The molecule has 2 atom stereocenters. The third kappa shape index (κ3) is 4.13. The molecule has 0 spiro atoms. The third-order valence-corrected chi connectivity index (χ3v) is 1.88. The van der Waals surface area contributed by atoms with Crippen LogP contribution in [-0.4, -0.2) is 24.7 Å². The second kappa shape index (κ2) is 5.77. The number of carboxylic acids is 1. The average molecular weight is 171 g/mol. The van der Waals surface area contributed by atoms with Gasteiger partial charge < -0.3 is 10.4 Å². The van der Waals surface area contributed by atoms with Crippen molar-refractivity contribution in [2.24, 2.45) is 11.8 Å². The first-order chi connectivity index (χ1) is 5.61. The summed E-state index contributed by atoms with van der Waals surface area (Å²) < 4.78 is 0. The summed E-state index contributed by atoms with van der Waals surface area (Å²) in [6.45, 7) is 6.17. The van der Waals surface area contributed by atoms with Crippen LogP contribution in [0.5, 0.6) is 0 Å². The summed E-state index contributed by atoms with van der Waals surface area (Å²) in [6.07, 6.45) is 2.45. The number of hydrogen-bond acceptors (Lipinski definition) is 2. The number of nitrogens with one attached hydrogen (secondary N) is 1. The van der Waals surface area contributed by atoms with Crippen LogP contribution in [0.15, 0.2) is 12.7 Å². The van der Waals surface area contributed by atoms with Gasteiger partial charge in [-0.1, -0.05) is 13.0 Å². The summed E-state index contributed by atoms with van der Waals surface area (Å²) in [7, 11) is 1.85. The summed E-state index contributed by atoms with van der Waals surface area (Å²) in [5.74, 6) is -0.777. The minimum atomic E-state index is -0.738. The Hall–Kier alpha value is -0.830. The Labute approximate surface area is 73.5 Å². The number of rotatable bonds is 6. The first-order valence-electron chi connectivity index (χ1n) is 4.11. The number of carboxylic acid groups (broad SMARTS) is 1. The van der Waals surface area contributed by atoms with Crippen molar-refractivity contribution in [3.8, 4) is 0 Å². The Bertz CT molecular complexity index is 157. The van der Waals surface area contributed by atoms with Crippen molar-refractivity contribution in [3.05, 3.63) is 12.7 Å². The van der Waals surface area contributed by atoms with Crippen molar-refractivity contribution in [2.75, 3.05) is 13.6 Å². The lowest BCUT2D eigenvalue weighted by Gasteiger charge is -2.13. The zero-order valence-corrected chi connectivity index (χ0v) is 7.71. The molecule has 3 heteroatoms. The van der Waals surface area contributed by atoms with E-state index in [1.54, 1.807) is 13.0 Å². The Kier molecular flexibility index (Phi) is 5.37. The van der Waals surface area contributed by atoms with E-state index in [9.17, 15) is 4.79 Å². The fraction of sp³-hybridized carbons (Fsp3) is 0.667. The monoisotopic (exact) mass is 171 g/mol. The lowest BCUT2D eigenvalue weighted by atomic mass is 9.96. The smallest absolute Gasteiger partial charge is 0.306 e. The van der Waals surface area contributed by atoms with E-state index in [1.165, 1.54) is 0 Å². The van der Waals surface area contributed by atoms with E-state index in [-0.39, 0.29) is 11.8 Å². The molecule has 0 heterocycles. The van der Waals surface area contributed by atoms with Crippen LogP contribution in [-0.2, 0) is 4.79 Å². The maximum absolute atomic E-state index is 10.5. The predicted molar refractivity (Wildman–Crippen MR) is 49.0 cm³/mol. The molecule has 0 bridgehead atoms. The van der Waals surface area contributed by atoms with E-state index < -0.39 is 5.97 Å². The van der Waals surface area contributed by atoms with Gasteiger partial charge in [0.25, 0.3) is 0 Å². The van der Waals surface area contributed by atoms with Crippen LogP contribution < -0.4 is 5.32 Å². The molecule has 2 unspecified atom stereocenters. The molecule has 70 valence electrons. The van der Waals surface area contributed by atoms with Gasteiger partial charge in [-0.15, -0.1) is 6.58 Å². The van der Waals surface area contributed by atoms with Crippen molar-refractivity contribution < 1.29 is 9.90 Å². The molecule has 0 aromatic heterocycles. The molecule has 0 fully saturated rings. The first-order valence-corrected chi connectivity index (χ1v) is 4.11. The minimum absolute atomic E-state index is 0.251. The van der Waals surface area contributed by atoms with Crippen molar-refractivity contribution in [1.29, 1.82) is 0 Å². The highest BCUT2D eigenvalue weighted by atomic mass is 16.4. The predicted octanol–water partition coefficient (Wildman–Crippen LogP) is 1.12. The van der Waals surface area contributed by atoms with Gasteiger partial charge in [-0.25, -0.2) is 0 Å². The first kappa shape index (κ1) is 11.2. The van der Waals surface area contributed by atoms with Gasteiger partial charge in [-0.05, 0) is 19.4 Å². The summed E-state index contributed by atoms with van der Waals surface area (Å²) in [4.78, 5) is 10.5. The molecule has 0 aromatic rings. The molecule has 0 aromatic carbocycles. The maximum atomic E-state index is 10.5. The Morgan fingerprint density at radius 3 is 2.67 bits per heavy atom. The normalized spacial score (nSPS) is 15.2. The molecule has 3 nitrogen and oxygen atoms in total. The average Bonchev–Trinajstić information content (AvgIpc) is 2.03. The molecule has 12 heavy (non-hydrogen) atoms. The van der Waals surface area contributed by atoms with Gasteiger partial charge in [0.1, 0.15) is 0 Å². The third-order valence-electron chi connectivity index (χ3n) is 1.88. The molecular formula is C9H17NO2. The second-order valence-electron chi connectivity index (χ2n) is 3.03. The Morgan fingerprint density at radius 1 is 1.75 bits per heavy atom. The summed E-state index contributed by atoms with van der Waals surface area (Å²) in [5.41, 5.74) is 0. The van der Waals surface area contributed by atoms with E-state index in [2.05, 4.69) is 11.9 Å². The van der Waals surface area contributed by atoms with Gasteiger partial charge in [0.15, 0.2) is 0 Å². The van der Waals surface area contributed by atoms with Crippen molar-refractivity contribution >= 4 is 5.97 Å². The number of carbonyl (C=O) groups is 1. The van der Waals surface area contributed by atoms with Crippen molar-refractivity contribution in [3.63, 3.8) is 0 Å². The van der Waals surface area contributed by atoms with Crippen LogP contribution in [0.25, 0.3) is 0 Å². The lowest BCUT2D eigenvalue weighted by molar-refractivity contribution is -0.141. The van der Waals surface area contributed by atoms with Gasteiger partial charge >= 0.3 is 5.97 Å². The highest BCUT2D eigenvalue weighted by Crippen LogP contribution is 2.12. The Balaban J connectivity index is 3.84. The van der Waals surface area contributed by atoms with Crippen LogP contribution in [0, 0.1) is 11.8 Å². The molecule has 0 amide bonds. The van der Waals surface area contributed by atoms with Crippen LogP contribution >= 0.6 is 0 Å². The molecule has 2 N–H and O–H groups in total.